The summed E-state index contributed by atoms with van der Waals surface area (Å²) < 4.78 is 7.13. The van der Waals surface area contributed by atoms with Crippen LogP contribution in [0.5, 0.6) is 0 Å². The molecule has 0 fully saturated rings. The molecule has 0 N–H and O–H groups in total. The van der Waals surface area contributed by atoms with Gasteiger partial charge >= 0.3 is 0 Å². The largest absolute Gasteiger partial charge is 0.309 e. The molecule has 0 aliphatic carbocycles. The number of hydrogen-bond donors (Lipinski definition) is 0. The maximum absolute atomic E-state index is 5.34. The maximum atomic E-state index is 5.34. The highest BCUT2D eigenvalue weighted by molar-refractivity contribution is 6.22. The second kappa shape index (κ2) is 11.7. The molecular formula is C48H31N5. The van der Waals surface area contributed by atoms with E-state index in [1.165, 1.54) is 38.0 Å². The first kappa shape index (κ1) is 29.5. The SMILES string of the molecule is c1ccc(-c2cc(-n3c4ccccc4c4c5ccccc5n(-c5cccc(-n6c7ccccc7c7ccccc76)c5)c43)nc(-c3ccccc3)n2)cc1. The van der Waals surface area contributed by atoms with Crippen molar-refractivity contribution < 1.29 is 0 Å². The van der Waals surface area contributed by atoms with E-state index in [1.807, 2.05) is 24.3 Å². The van der Waals surface area contributed by atoms with Crippen molar-refractivity contribution >= 4 is 54.6 Å². The predicted molar refractivity (Wildman–Crippen MR) is 218 cm³/mol. The van der Waals surface area contributed by atoms with E-state index in [0.717, 1.165) is 50.7 Å². The zero-order valence-electron chi connectivity index (χ0n) is 28.6. The van der Waals surface area contributed by atoms with Crippen molar-refractivity contribution in [3.8, 4) is 39.8 Å². The number of fused-ring (bicyclic) bond motifs is 8. The smallest absolute Gasteiger partial charge is 0.162 e. The summed E-state index contributed by atoms with van der Waals surface area (Å²) >= 11 is 0. The Bertz CT molecular complexity index is 3060. The first-order valence-electron chi connectivity index (χ1n) is 17.9. The zero-order chi connectivity index (χ0) is 34.9. The molecule has 0 bridgehead atoms. The fraction of sp³-hybridized carbons (Fsp3) is 0. The van der Waals surface area contributed by atoms with Gasteiger partial charge in [-0.25, -0.2) is 9.97 Å². The average molecular weight is 678 g/mol. The minimum Gasteiger partial charge on any atom is -0.309 e. The highest BCUT2D eigenvalue weighted by Crippen LogP contribution is 2.42. The van der Waals surface area contributed by atoms with E-state index in [2.05, 4.69) is 177 Å². The highest BCUT2D eigenvalue weighted by atomic mass is 15.2. The Hall–Kier alpha value is -7.24. The molecule has 0 saturated carbocycles. The van der Waals surface area contributed by atoms with Crippen LogP contribution in [-0.2, 0) is 0 Å². The van der Waals surface area contributed by atoms with E-state index < -0.39 is 0 Å². The molecule has 5 heteroatoms. The Morgan fingerprint density at radius 1 is 0.340 bits per heavy atom. The number of aromatic nitrogens is 5. The molecule has 0 atom stereocenters. The number of rotatable bonds is 5. The second-order valence-electron chi connectivity index (χ2n) is 13.5. The lowest BCUT2D eigenvalue weighted by Gasteiger charge is -2.16. The van der Waals surface area contributed by atoms with Gasteiger partial charge < -0.3 is 4.57 Å². The number of benzene rings is 7. The van der Waals surface area contributed by atoms with Crippen LogP contribution in [-0.4, -0.2) is 23.7 Å². The third-order valence-corrected chi connectivity index (χ3v) is 10.4. The van der Waals surface area contributed by atoms with E-state index in [0.29, 0.717) is 5.82 Å². The van der Waals surface area contributed by atoms with Gasteiger partial charge in [-0.1, -0.05) is 140 Å². The summed E-state index contributed by atoms with van der Waals surface area (Å²) in [5.74, 6) is 1.50. The van der Waals surface area contributed by atoms with E-state index in [-0.39, 0.29) is 0 Å². The molecule has 7 aromatic carbocycles. The molecule has 0 unspecified atom stereocenters. The molecule has 0 amide bonds. The topological polar surface area (TPSA) is 40.6 Å². The molecular weight excluding hydrogens is 647 g/mol. The molecule has 11 rings (SSSR count). The van der Waals surface area contributed by atoms with Gasteiger partial charge in [0.2, 0.25) is 0 Å². The summed E-state index contributed by atoms with van der Waals surface area (Å²) in [6.45, 7) is 0. The van der Waals surface area contributed by atoms with Gasteiger partial charge in [0.1, 0.15) is 11.5 Å². The Kier molecular flexibility index (Phi) is 6.48. The quantitative estimate of drug-likeness (QED) is 0.182. The first-order chi connectivity index (χ1) is 26.3. The van der Waals surface area contributed by atoms with Crippen LogP contribution >= 0.6 is 0 Å². The van der Waals surface area contributed by atoms with Gasteiger partial charge in [-0.3, -0.25) is 9.13 Å². The van der Waals surface area contributed by atoms with Crippen LogP contribution in [0.25, 0.3) is 94.5 Å². The van der Waals surface area contributed by atoms with Gasteiger partial charge in [0.05, 0.1) is 27.8 Å². The van der Waals surface area contributed by atoms with Crippen LogP contribution < -0.4 is 0 Å². The minimum atomic E-state index is 0.684. The fourth-order valence-corrected chi connectivity index (χ4v) is 8.19. The molecule has 4 aromatic heterocycles. The standard InChI is InChI=1S/C48H31N5/c1-3-16-32(17-4-1)40-31-45(50-47(49-40)33-18-5-2-6-19-33)53-44-29-14-10-25-39(44)46-38-24-9-13-28-43(38)52(48(46)53)35-21-15-20-34(30-35)51-41-26-11-7-22-36(41)37-23-8-12-27-42(37)51/h1-31H. The van der Waals surface area contributed by atoms with Crippen LogP contribution in [0.3, 0.4) is 0 Å². The lowest BCUT2D eigenvalue weighted by atomic mass is 10.1. The van der Waals surface area contributed by atoms with Crippen molar-refractivity contribution in [3.05, 3.63) is 188 Å². The molecule has 248 valence electrons. The van der Waals surface area contributed by atoms with Crippen LogP contribution in [0.2, 0.25) is 0 Å². The highest BCUT2D eigenvalue weighted by Gasteiger charge is 2.24. The Morgan fingerprint density at radius 3 is 1.42 bits per heavy atom. The molecule has 4 heterocycles. The molecule has 11 aromatic rings. The lowest BCUT2D eigenvalue weighted by Crippen LogP contribution is -2.06. The number of para-hydroxylation sites is 4. The summed E-state index contributed by atoms with van der Waals surface area (Å²) in [6.07, 6.45) is 0. The Labute approximate surface area is 305 Å². The number of nitrogens with zero attached hydrogens (tertiary/aromatic N) is 5. The third kappa shape index (κ3) is 4.51. The van der Waals surface area contributed by atoms with Crippen molar-refractivity contribution in [3.63, 3.8) is 0 Å². The summed E-state index contributed by atoms with van der Waals surface area (Å²) in [7, 11) is 0. The Balaban J connectivity index is 1.24. The molecule has 0 saturated heterocycles. The van der Waals surface area contributed by atoms with E-state index in [9.17, 15) is 0 Å². The van der Waals surface area contributed by atoms with Crippen LogP contribution in [0.1, 0.15) is 0 Å². The summed E-state index contributed by atoms with van der Waals surface area (Å²) in [5.41, 5.74) is 10.7. The van der Waals surface area contributed by atoms with Crippen LogP contribution in [0.15, 0.2) is 188 Å². The number of hydrogen-bond acceptors (Lipinski definition) is 2. The average Bonchev–Trinajstić information content (AvgIpc) is 3.87. The van der Waals surface area contributed by atoms with Crippen molar-refractivity contribution in [2.45, 2.75) is 0 Å². The zero-order valence-corrected chi connectivity index (χ0v) is 28.6. The van der Waals surface area contributed by atoms with Crippen molar-refractivity contribution in [2.75, 3.05) is 0 Å². The molecule has 0 spiro atoms. The lowest BCUT2D eigenvalue weighted by molar-refractivity contribution is 1.00. The summed E-state index contributed by atoms with van der Waals surface area (Å²) in [5, 5.41) is 6.06. The summed E-state index contributed by atoms with van der Waals surface area (Å²) in [6, 6.07) is 66.5. The van der Waals surface area contributed by atoms with E-state index >= 15 is 0 Å². The monoisotopic (exact) mass is 677 g/mol. The van der Waals surface area contributed by atoms with Gasteiger partial charge in [-0.05, 0) is 42.5 Å². The van der Waals surface area contributed by atoms with Crippen LogP contribution in [0.4, 0.5) is 0 Å². The third-order valence-electron chi connectivity index (χ3n) is 10.4. The van der Waals surface area contributed by atoms with Crippen molar-refractivity contribution in [1.82, 2.24) is 23.7 Å². The fourth-order valence-electron chi connectivity index (χ4n) is 8.19. The molecule has 0 aliphatic rings. The van der Waals surface area contributed by atoms with E-state index in [4.69, 9.17) is 9.97 Å². The first-order valence-corrected chi connectivity index (χ1v) is 17.9. The molecule has 53 heavy (non-hydrogen) atoms. The second-order valence-corrected chi connectivity index (χ2v) is 13.5. The molecule has 0 aliphatic heterocycles. The van der Waals surface area contributed by atoms with Crippen LogP contribution in [0, 0.1) is 0 Å². The predicted octanol–water partition coefficient (Wildman–Crippen LogP) is 11.9. The summed E-state index contributed by atoms with van der Waals surface area (Å²) in [4.78, 5) is 10.5. The van der Waals surface area contributed by atoms with E-state index in [1.54, 1.807) is 0 Å². The molecule has 5 nitrogen and oxygen atoms in total. The van der Waals surface area contributed by atoms with Gasteiger partial charge in [-0.15, -0.1) is 0 Å². The van der Waals surface area contributed by atoms with Gasteiger partial charge in [0.15, 0.2) is 5.82 Å². The molecule has 0 radical (unpaired) electrons. The normalized spacial score (nSPS) is 11.8. The van der Waals surface area contributed by atoms with Crippen molar-refractivity contribution in [1.29, 1.82) is 0 Å². The minimum absolute atomic E-state index is 0.684. The maximum Gasteiger partial charge on any atom is 0.162 e. The van der Waals surface area contributed by atoms with Gasteiger partial charge in [0, 0.05) is 55.5 Å². The Morgan fingerprint density at radius 2 is 0.811 bits per heavy atom. The van der Waals surface area contributed by atoms with Crippen molar-refractivity contribution in [2.24, 2.45) is 0 Å². The van der Waals surface area contributed by atoms with Gasteiger partial charge in [0.25, 0.3) is 0 Å². The van der Waals surface area contributed by atoms with Gasteiger partial charge in [-0.2, -0.15) is 0 Å².